The second-order valence-corrected chi connectivity index (χ2v) is 6.61. The molecule has 1 fully saturated rings. The van der Waals surface area contributed by atoms with Crippen LogP contribution in [-0.4, -0.2) is 32.0 Å². The Morgan fingerprint density at radius 1 is 1.32 bits per heavy atom. The molecule has 3 heteroatoms. The van der Waals surface area contributed by atoms with E-state index in [1.807, 2.05) is 6.07 Å². The maximum Gasteiger partial charge on any atom is 0.122 e. The average Bonchev–Trinajstić information content (AvgIpc) is 2.32. The van der Waals surface area contributed by atoms with E-state index in [9.17, 15) is 5.11 Å². The summed E-state index contributed by atoms with van der Waals surface area (Å²) in [5, 5.41) is 9.52. The van der Waals surface area contributed by atoms with Crippen LogP contribution in [0.2, 0.25) is 0 Å². The zero-order valence-corrected chi connectivity index (χ0v) is 12.3. The molecule has 1 N–H and O–H groups in total. The van der Waals surface area contributed by atoms with Crippen LogP contribution in [0.5, 0.6) is 5.75 Å². The minimum Gasteiger partial charge on any atom is -0.496 e. The van der Waals surface area contributed by atoms with E-state index in [-0.39, 0.29) is 17.4 Å². The molecule has 0 radical (unpaired) electrons. The van der Waals surface area contributed by atoms with Crippen molar-refractivity contribution in [2.75, 3.05) is 26.9 Å². The highest BCUT2D eigenvalue weighted by Gasteiger charge is 2.38. The monoisotopic (exact) mass is 264 g/mol. The van der Waals surface area contributed by atoms with Crippen LogP contribution >= 0.6 is 0 Å². The Bertz CT molecular complexity index is 436. The molecule has 0 unspecified atom stereocenters. The van der Waals surface area contributed by atoms with Crippen LogP contribution in [-0.2, 0) is 16.6 Å². The topological polar surface area (TPSA) is 38.7 Å². The van der Waals surface area contributed by atoms with Gasteiger partial charge in [-0.15, -0.1) is 0 Å². The summed E-state index contributed by atoms with van der Waals surface area (Å²) in [4.78, 5) is 0. The van der Waals surface area contributed by atoms with E-state index in [4.69, 9.17) is 9.47 Å². The van der Waals surface area contributed by atoms with Crippen molar-refractivity contribution in [3.05, 3.63) is 29.3 Å². The van der Waals surface area contributed by atoms with E-state index >= 15 is 0 Å². The molecule has 0 aliphatic carbocycles. The summed E-state index contributed by atoms with van der Waals surface area (Å²) >= 11 is 0. The van der Waals surface area contributed by atoms with Gasteiger partial charge in [-0.2, -0.15) is 0 Å². The summed E-state index contributed by atoms with van der Waals surface area (Å²) in [7, 11) is 1.71. The van der Waals surface area contributed by atoms with Gasteiger partial charge in [0.05, 0.1) is 26.9 Å². The second kappa shape index (κ2) is 5.14. The molecule has 0 saturated carbocycles. The molecule has 0 aromatic heterocycles. The lowest BCUT2D eigenvalue weighted by Gasteiger charge is -2.40. The summed E-state index contributed by atoms with van der Waals surface area (Å²) in [5.41, 5.74) is 2.41. The number of aliphatic hydroxyl groups excluding tert-OH is 1. The van der Waals surface area contributed by atoms with Crippen LogP contribution in [0, 0.1) is 5.41 Å². The maximum absolute atomic E-state index is 9.52. The van der Waals surface area contributed by atoms with Gasteiger partial charge in [0.25, 0.3) is 0 Å². The summed E-state index contributed by atoms with van der Waals surface area (Å²) in [6.07, 6.45) is 0.858. The van der Waals surface area contributed by atoms with Crippen molar-refractivity contribution in [3.63, 3.8) is 0 Å². The lowest BCUT2D eigenvalue weighted by molar-refractivity contribution is -0.136. The average molecular weight is 264 g/mol. The molecule has 106 valence electrons. The van der Waals surface area contributed by atoms with Crippen LogP contribution in [0.15, 0.2) is 18.2 Å². The molecule has 1 saturated heterocycles. The molecule has 2 rings (SSSR count). The molecule has 1 aliphatic rings. The van der Waals surface area contributed by atoms with Crippen LogP contribution in [0.1, 0.15) is 31.9 Å². The predicted molar refractivity (Wildman–Crippen MR) is 75.7 cm³/mol. The standard InChI is InChI=1S/C16H24O3/c1-15(2,3)13-7-12(5-6-14(13)18-4)8-16(9-17)10-19-11-16/h5-7,17H,8-11H2,1-4H3. The number of rotatable bonds is 4. The van der Waals surface area contributed by atoms with Gasteiger partial charge in [0, 0.05) is 5.41 Å². The van der Waals surface area contributed by atoms with Crippen molar-refractivity contribution in [3.8, 4) is 5.75 Å². The summed E-state index contributed by atoms with van der Waals surface area (Å²) in [5.74, 6) is 0.930. The van der Waals surface area contributed by atoms with E-state index in [0.29, 0.717) is 13.2 Å². The van der Waals surface area contributed by atoms with E-state index in [1.165, 1.54) is 11.1 Å². The molecule has 0 atom stereocenters. The van der Waals surface area contributed by atoms with Crippen molar-refractivity contribution < 1.29 is 14.6 Å². The van der Waals surface area contributed by atoms with E-state index in [1.54, 1.807) is 7.11 Å². The number of benzene rings is 1. The van der Waals surface area contributed by atoms with Crippen molar-refractivity contribution in [2.24, 2.45) is 5.41 Å². The third kappa shape index (κ3) is 2.93. The van der Waals surface area contributed by atoms with Gasteiger partial charge in [-0.1, -0.05) is 32.9 Å². The normalized spacial score (nSPS) is 17.9. The Morgan fingerprint density at radius 3 is 2.42 bits per heavy atom. The first-order chi connectivity index (χ1) is 8.90. The van der Waals surface area contributed by atoms with Gasteiger partial charge in [0.2, 0.25) is 0 Å². The molecular weight excluding hydrogens is 240 g/mol. The minimum absolute atomic E-state index is 0.0455. The first-order valence-corrected chi connectivity index (χ1v) is 6.76. The zero-order chi connectivity index (χ0) is 14.1. The molecule has 19 heavy (non-hydrogen) atoms. The van der Waals surface area contributed by atoms with Crippen molar-refractivity contribution in [2.45, 2.75) is 32.6 Å². The molecule has 1 heterocycles. The predicted octanol–water partition coefficient (Wildman–Crippen LogP) is 2.54. The fourth-order valence-electron chi connectivity index (χ4n) is 2.52. The first kappa shape index (κ1) is 14.4. The molecule has 0 amide bonds. The Labute approximate surface area is 115 Å². The quantitative estimate of drug-likeness (QED) is 0.908. The molecule has 1 aliphatic heterocycles. The van der Waals surface area contributed by atoms with Crippen molar-refractivity contribution >= 4 is 0 Å². The van der Waals surface area contributed by atoms with Gasteiger partial charge < -0.3 is 14.6 Å². The number of methoxy groups -OCH3 is 1. The Morgan fingerprint density at radius 2 is 2.00 bits per heavy atom. The minimum atomic E-state index is -0.0796. The Hall–Kier alpha value is -1.06. The Balaban J connectivity index is 2.28. The van der Waals surface area contributed by atoms with Gasteiger partial charge in [0.1, 0.15) is 5.75 Å². The molecule has 1 aromatic rings. The summed E-state index contributed by atoms with van der Waals surface area (Å²) in [6, 6.07) is 6.32. The van der Waals surface area contributed by atoms with E-state index in [0.717, 1.165) is 12.2 Å². The first-order valence-electron chi connectivity index (χ1n) is 6.76. The van der Waals surface area contributed by atoms with Crippen molar-refractivity contribution in [1.29, 1.82) is 0 Å². The third-order valence-electron chi connectivity index (χ3n) is 3.80. The SMILES string of the molecule is COc1ccc(CC2(CO)COC2)cc1C(C)(C)C. The highest BCUT2D eigenvalue weighted by molar-refractivity contribution is 5.42. The van der Waals surface area contributed by atoms with Gasteiger partial charge >= 0.3 is 0 Å². The second-order valence-electron chi connectivity index (χ2n) is 6.61. The smallest absolute Gasteiger partial charge is 0.122 e. The van der Waals surface area contributed by atoms with Crippen molar-refractivity contribution in [1.82, 2.24) is 0 Å². The van der Waals surface area contributed by atoms with Gasteiger partial charge in [-0.3, -0.25) is 0 Å². The van der Waals surface area contributed by atoms with Gasteiger partial charge in [-0.05, 0) is 29.0 Å². The van der Waals surface area contributed by atoms with Crippen LogP contribution < -0.4 is 4.74 Å². The van der Waals surface area contributed by atoms with E-state index < -0.39 is 0 Å². The largest absolute Gasteiger partial charge is 0.496 e. The number of aliphatic hydroxyl groups is 1. The lowest BCUT2D eigenvalue weighted by atomic mass is 9.78. The number of hydrogen-bond donors (Lipinski definition) is 1. The third-order valence-corrected chi connectivity index (χ3v) is 3.80. The lowest BCUT2D eigenvalue weighted by Crippen LogP contribution is -2.47. The van der Waals surface area contributed by atoms with Gasteiger partial charge in [-0.25, -0.2) is 0 Å². The molecular formula is C16H24O3. The van der Waals surface area contributed by atoms with E-state index in [2.05, 4.69) is 32.9 Å². The fraction of sp³-hybridized carbons (Fsp3) is 0.625. The van der Waals surface area contributed by atoms with Crippen LogP contribution in [0.4, 0.5) is 0 Å². The van der Waals surface area contributed by atoms with Crippen LogP contribution in [0.3, 0.4) is 0 Å². The highest BCUT2D eigenvalue weighted by Crippen LogP contribution is 2.36. The zero-order valence-electron chi connectivity index (χ0n) is 12.3. The molecule has 0 spiro atoms. The maximum atomic E-state index is 9.52. The highest BCUT2D eigenvalue weighted by atomic mass is 16.5. The Kier molecular flexibility index (Phi) is 3.88. The summed E-state index contributed by atoms with van der Waals surface area (Å²) in [6.45, 7) is 8.04. The van der Waals surface area contributed by atoms with Gasteiger partial charge in [0.15, 0.2) is 0 Å². The number of ether oxygens (including phenoxy) is 2. The fourth-order valence-corrected chi connectivity index (χ4v) is 2.52. The summed E-state index contributed by atoms with van der Waals surface area (Å²) < 4.78 is 10.7. The number of hydrogen-bond acceptors (Lipinski definition) is 3. The van der Waals surface area contributed by atoms with Crippen LogP contribution in [0.25, 0.3) is 0 Å². The molecule has 1 aromatic carbocycles. The molecule has 0 bridgehead atoms. The molecule has 3 nitrogen and oxygen atoms in total.